The molecule has 3 nitrogen and oxygen atoms in total. The molecule has 16 heavy (non-hydrogen) atoms. The van der Waals surface area contributed by atoms with Gasteiger partial charge < -0.3 is 5.73 Å². The highest BCUT2D eigenvalue weighted by Gasteiger charge is 2.18. The fraction of sp³-hybridized carbons (Fsp3) is 0.462. The summed E-state index contributed by atoms with van der Waals surface area (Å²) in [4.78, 5) is 14.1. The van der Waals surface area contributed by atoms with Gasteiger partial charge in [0.1, 0.15) is 0 Å². The molecule has 0 amide bonds. The van der Waals surface area contributed by atoms with E-state index in [1.807, 2.05) is 12.1 Å². The zero-order valence-electron chi connectivity index (χ0n) is 9.70. The number of carbonyl (C=O) groups excluding carboxylic acids is 1. The molecular formula is C13H18N2O. The lowest BCUT2D eigenvalue weighted by molar-refractivity contribution is 0.0985. The number of fused-ring (bicyclic) bond motifs is 1. The van der Waals surface area contributed by atoms with Gasteiger partial charge in [-0.15, -0.1) is 0 Å². The Morgan fingerprint density at radius 2 is 2.12 bits per heavy atom. The van der Waals surface area contributed by atoms with E-state index < -0.39 is 0 Å². The lowest BCUT2D eigenvalue weighted by Crippen LogP contribution is -2.14. The smallest absolute Gasteiger partial charge is 0.164 e. The van der Waals surface area contributed by atoms with Crippen molar-refractivity contribution in [2.24, 2.45) is 5.73 Å². The average molecular weight is 218 g/mol. The summed E-state index contributed by atoms with van der Waals surface area (Å²) in [7, 11) is 0. The number of rotatable bonds is 4. The number of benzene rings is 1. The molecule has 2 rings (SSSR count). The Hall–Kier alpha value is -1.19. The van der Waals surface area contributed by atoms with Crippen LogP contribution in [0, 0.1) is 0 Å². The topological polar surface area (TPSA) is 46.3 Å². The molecule has 0 fully saturated rings. The Labute approximate surface area is 96.2 Å². The van der Waals surface area contributed by atoms with Crippen LogP contribution in [0.4, 0.5) is 0 Å². The van der Waals surface area contributed by atoms with Crippen molar-refractivity contribution in [2.75, 3.05) is 13.1 Å². The molecule has 0 aromatic heterocycles. The fourth-order valence-electron chi connectivity index (χ4n) is 2.14. The average Bonchev–Trinajstić information content (AvgIpc) is 2.70. The molecule has 0 atom stereocenters. The van der Waals surface area contributed by atoms with Crippen LogP contribution >= 0.6 is 0 Å². The Morgan fingerprint density at radius 1 is 1.38 bits per heavy atom. The molecule has 0 spiro atoms. The van der Waals surface area contributed by atoms with Crippen LogP contribution in [-0.2, 0) is 13.1 Å². The third kappa shape index (κ3) is 2.15. The van der Waals surface area contributed by atoms with Gasteiger partial charge in [0, 0.05) is 25.1 Å². The fourth-order valence-corrected chi connectivity index (χ4v) is 2.14. The molecule has 1 heterocycles. The van der Waals surface area contributed by atoms with E-state index in [4.69, 9.17) is 5.73 Å². The van der Waals surface area contributed by atoms with Crippen molar-refractivity contribution in [1.29, 1.82) is 0 Å². The molecular weight excluding hydrogens is 200 g/mol. The summed E-state index contributed by atoms with van der Waals surface area (Å²) >= 11 is 0. The van der Waals surface area contributed by atoms with Crippen LogP contribution in [0.15, 0.2) is 18.2 Å². The maximum Gasteiger partial charge on any atom is 0.164 e. The van der Waals surface area contributed by atoms with Gasteiger partial charge in [0.25, 0.3) is 0 Å². The van der Waals surface area contributed by atoms with E-state index in [9.17, 15) is 4.79 Å². The lowest BCUT2D eigenvalue weighted by atomic mass is 10.0. The highest BCUT2D eigenvalue weighted by molar-refractivity contribution is 5.96. The normalized spacial score (nSPS) is 15.1. The van der Waals surface area contributed by atoms with Crippen molar-refractivity contribution < 1.29 is 4.79 Å². The number of hydrogen-bond donors (Lipinski definition) is 1. The zero-order valence-corrected chi connectivity index (χ0v) is 9.70. The predicted octanol–water partition coefficient (Wildman–Crippen LogP) is 1.55. The third-order valence-corrected chi connectivity index (χ3v) is 3.13. The van der Waals surface area contributed by atoms with Crippen molar-refractivity contribution in [2.45, 2.75) is 26.4 Å². The second-order valence-electron chi connectivity index (χ2n) is 4.25. The molecule has 3 heteroatoms. The summed E-state index contributed by atoms with van der Waals surface area (Å²) in [6.07, 6.45) is 0.441. The summed E-state index contributed by atoms with van der Waals surface area (Å²) in [5.74, 6) is 0.153. The zero-order chi connectivity index (χ0) is 11.5. The molecule has 0 saturated heterocycles. The molecule has 0 unspecified atom stereocenters. The van der Waals surface area contributed by atoms with Crippen LogP contribution in [0.5, 0.6) is 0 Å². The highest BCUT2D eigenvalue weighted by Crippen LogP contribution is 2.23. The van der Waals surface area contributed by atoms with E-state index in [0.717, 1.165) is 25.2 Å². The Kier molecular flexibility index (Phi) is 3.36. The van der Waals surface area contributed by atoms with Gasteiger partial charge in [0.15, 0.2) is 5.78 Å². The number of carbonyl (C=O) groups is 1. The van der Waals surface area contributed by atoms with Crippen LogP contribution < -0.4 is 5.73 Å². The molecule has 0 radical (unpaired) electrons. The maximum absolute atomic E-state index is 11.7. The van der Waals surface area contributed by atoms with Crippen LogP contribution in [-0.4, -0.2) is 23.8 Å². The first-order valence-electron chi connectivity index (χ1n) is 5.82. The molecule has 86 valence electrons. The largest absolute Gasteiger partial charge is 0.330 e. The van der Waals surface area contributed by atoms with Gasteiger partial charge in [-0.1, -0.05) is 19.1 Å². The van der Waals surface area contributed by atoms with E-state index in [-0.39, 0.29) is 5.78 Å². The second-order valence-corrected chi connectivity index (χ2v) is 4.25. The monoisotopic (exact) mass is 218 g/mol. The van der Waals surface area contributed by atoms with Crippen molar-refractivity contribution in [1.82, 2.24) is 4.90 Å². The first-order chi connectivity index (χ1) is 7.74. The summed E-state index contributed by atoms with van der Waals surface area (Å²) in [5.41, 5.74) is 8.85. The molecule has 1 aromatic carbocycles. The van der Waals surface area contributed by atoms with E-state index in [0.29, 0.717) is 13.0 Å². The van der Waals surface area contributed by atoms with Gasteiger partial charge in [0.2, 0.25) is 0 Å². The quantitative estimate of drug-likeness (QED) is 0.780. The summed E-state index contributed by atoms with van der Waals surface area (Å²) in [5, 5.41) is 0. The molecule has 0 bridgehead atoms. The number of Topliss-reactive ketones (excluding diaryl/α,β-unsaturated/α-hetero) is 1. The molecule has 2 N–H and O–H groups in total. The Morgan fingerprint density at radius 3 is 2.81 bits per heavy atom. The van der Waals surface area contributed by atoms with Crippen LogP contribution in [0.3, 0.4) is 0 Å². The number of nitrogens with zero attached hydrogens (tertiary/aromatic N) is 1. The number of hydrogen-bond acceptors (Lipinski definition) is 3. The van der Waals surface area contributed by atoms with E-state index in [2.05, 4.69) is 17.9 Å². The Balaban J connectivity index is 2.19. The summed E-state index contributed by atoms with van der Waals surface area (Å²) in [6.45, 7) is 5.62. The van der Waals surface area contributed by atoms with Crippen molar-refractivity contribution in [3.63, 3.8) is 0 Å². The van der Waals surface area contributed by atoms with Crippen molar-refractivity contribution in [3.8, 4) is 0 Å². The SMILES string of the molecule is CCN1Cc2ccc(C(=O)CCN)cc2C1. The first-order valence-corrected chi connectivity index (χ1v) is 5.82. The van der Waals surface area contributed by atoms with Crippen LogP contribution in [0.2, 0.25) is 0 Å². The molecule has 1 aliphatic rings. The van der Waals surface area contributed by atoms with E-state index in [1.165, 1.54) is 11.1 Å². The second kappa shape index (κ2) is 4.76. The molecule has 1 aliphatic heterocycles. The predicted molar refractivity (Wildman–Crippen MR) is 64.2 cm³/mol. The number of ketones is 1. The number of nitrogens with two attached hydrogens (primary N) is 1. The van der Waals surface area contributed by atoms with Crippen molar-refractivity contribution in [3.05, 3.63) is 34.9 Å². The minimum absolute atomic E-state index is 0.153. The highest BCUT2D eigenvalue weighted by atomic mass is 16.1. The van der Waals surface area contributed by atoms with Gasteiger partial charge >= 0.3 is 0 Å². The van der Waals surface area contributed by atoms with Gasteiger partial charge in [-0.3, -0.25) is 9.69 Å². The Bertz CT molecular complexity index is 401. The van der Waals surface area contributed by atoms with Gasteiger partial charge in [-0.2, -0.15) is 0 Å². The van der Waals surface area contributed by atoms with Crippen LogP contribution in [0.25, 0.3) is 0 Å². The van der Waals surface area contributed by atoms with E-state index in [1.54, 1.807) is 0 Å². The van der Waals surface area contributed by atoms with Gasteiger partial charge in [0.05, 0.1) is 0 Å². The van der Waals surface area contributed by atoms with E-state index >= 15 is 0 Å². The minimum Gasteiger partial charge on any atom is -0.330 e. The van der Waals surface area contributed by atoms with Gasteiger partial charge in [-0.25, -0.2) is 0 Å². The minimum atomic E-state index is 0.153. The third-order valence-electron chi connectivity index (χ3n) is 3.13. The molecule has 0 aliphatic carbocycles. The first kappa shape index (κ1) is 11.3. The van der Waals surface area contributed by atoms with Gasteiger partial charge in [-0.05, 0) is 30.3 Å². The molecule has 0 saturated carbocycles. The summed E-state index contributed by atoms with van der Waals surface area (Å²) in [6, 6.07) is 6.04. The van der Waals surface area contributed by atoms with Crippen molar-refractivity contribution >= 4 is 5.78 Å². The standard InChI is InChI=1S/C13H18N2O/c1-2-15-8-11-4-3-10(7-12(11)9-15)13(16)5-6-14/h3-4,7H,2,5-6,8-9,14H2,1H3. The molecule has 1 aromatic rings. The van der Waals surface area contributed by atoms with Crippen LogP contribution in [0.1, 0.15) is 34.8 Å². The lowest BCUT2D eigenvalue weighted by Gasteiger charge is -2.09. The summed E-state index contributed by atoms with van der Waals surface area (Å²) < 4.78 is 0. The maximum atomic E-state index is 11.7.